The molecule has 20 heavy (non-hydrogen) atoms. The van der Waals surface area contributed by atoms with Gasteiger partial charge in [0.15, 0.2) is 0 Å². The number of benzene rings is 1. The first-order chi connectivity index (χ1) is 9.51. The lowest BCUT2D eigenvalue weighted by Gasteiger charge is -2.09. The van der Waals surface area contributed by atoms with E-state index >= 15 is 0 Å². The van der Waals surface area contributed by atoms with E-state index in [-0.39, 0.29) is 11.8 Å². The van der Waals surface area contributed by atoms with Crippen molar-refractivity contribution in [3.05, 3.63) is 24.3 Å². The highest BCUT2D eigenvalue weighted by molar-refractivity contribution is 5.93. The molecule has 0 saturated heterocycles. The molecular weight excluding hydrogens is 254 g/mol. The summed E-state index contributed by atoms with van der Waals surface area (Å²) >= 11 is 0. The van der Waals surface area contributed by atoms with Crippen molar-refractivity contribution < 1.29 is 9.59 Å². The Labute approximate surface area is 120 Å². The smallest absolute Gasteiger partial charge is 0.225 e. The lowest BCUT2D eigenvalue weighted by molar-refractivity contribution is -0.117. The molecule has 2 amide bonds. The average molecular weight is 277 g/mol. The van der Waals surface area contributed by atoms with Crippen molar-refractivity contribution in [2.24, 2.45) is 5.92 Å². The lowest BCUT2D eigenvalue weighted by Crippen LogP contribution is -2.18. The minimum absolute atomic E-state index is 0.00538. The van der Waals surface area contributed by atoms with Crippen LogP contribution < -0.4 is 16.0 Å². The maximum absolute atomic E-state index is 11.6. The van der Waals surface area contributed by atoms with E-state index in [0.29, 0.717) is 25.3 Å². The monoisotopic (exact) mass is 277 g/mol. The standard InChI is InChI=1S/C15H23N3O2/c1-11(2)10-15(20)18-13-6-4-12(5-7-13)17-14(19)8-9-16-3/h4-7,11,16H,8-10H2,1-3H3,(H,17,19)(H,18,20). The van der Waals surface area contributed by atoms with Gasteiger partial charge in [0.05, 0.1) is 0 Å². The third-order valence-corrected chi connectivity index (χ3v) is 2.65. The van der Waals surface area contributed by atoms with Crippen molar-refractivity contribution >= 4 is 23.2 Å². The summed E-state index contributed by atoms with van der Waals surface area (Å²) in [6.07, 6.45) is 0.936. The molecule has 0 unspecified atom stereocenters. The highest BCUT2D eigenvalue weighted by Gasteiger charge is 2.06. The minimum atomic E-state index is -0.0315. The van der Waals surface area contributed by atoms with Gasteiger partial charge in [-0.3, -0.25) is 9.59 Å². The average Bonchev–Trinajstić information content (AvgIpc) is 2.37. The largest absolute Gasteiger partial charge is 0.326 e. The SMILES string of the molecule is CNCCC(=O)Nc1ccc(NC(=O)CC(C)C)cc1. The molecule has 0 aliphatic rings. The van der Waals surface area contributed by atoms with Gasteiger partial charge < -0.3 is 16.0 Å². The molecule has 1 rings (SSSR count). The molecule has 1 aromatic carbocycles. The van der Waals surface area contributed by atoms with Gasteiger partial charge in [-0.25, -0.2) is 0 Å². The molecule has 0 saturated carbocycles. The van der Waals surface area contributed by atoms with Crippen LogP contribution in [0.5, 0.6) is 0 Å². The molecule has 0 radical (unpaired) electrons. The molecule has 0 bridgehead atoms. The predicted molar refractivity (Wildman–Crippen MR) is 81.7 cm³/mol. The molecule has 5 nitrogen and oxygen atoms in total. The van der Waals surface area contributed by atoms with Crippen molar-refractivity contribution in [1.82, 2.24) is 5.32 Å². The summed E-state index contributed by atoms with van der Waals surface area (Å²) < 4.78 is 0. The number of carbonyl (C=O) groups is 2. The van der Waals surface area contributed by atoms with Gasteiger partial charge in [0.2, 0.25) is 11.8 Å². The van der Waals surface area contributed by atoms with Gasteiger partial charge in [0.1, 0.15) is 0 Å². The number of rotatable bonds is 7. The number of nitrogens with one attached hydrogen (secondary N) is 3. The lowest BCUT2D eigenvalue weighted by atomic mass is 10.1. The first kappa shape index (κ1) is 16.2. The van der Waals surface area contributed by atoms with Crippen LogP contribution in [0.15, 0.2) is 24.3 Å². The summed E-state index contributed by atoms with van der Waals surface area (Å²) in [4.78, 5) is 23.2. The second-order valence-corrected chi connectivity index (χ2v) is 5.13. The topological polar surface area (TPSA) is 70.2 Å². The van der Waals surface area contributed by atoms with Crippen LogP contribution in [-0.4, -0.2) is 25.4 Å². The van der Waals surface area contributed by atoms with Crippen molar-refractivity contribution in [1.29, 1.82) is 0 Å². The van der Waals surface area contributed by atoms with Crippen LogP contribution in [-0.2, 0) is 9.59 Å². The van der Waals surface area contributed by atoms with Crippen LogP contribution in [0.1, 0.15) is 26.7 Å². The van der Waals surface area contributed by atoms with E-state index < -0.39 is 0 Å². The summed E-state index contributed by atoms with van der Waals surface area (Å²) in [6, 6.07) is 7.13. The molecule has 0 aliphatic carbocycles. The highest BCUT2D eigenvalue weighted by Crippen LogP contribution is 2.14. The summed E-state index contributed by atoms with van der Waals surface area (Å²) in [7, 11) is 1.81. The third kappa shape index (κ3) is 6.33. The zero-order valence-corrected chi connectivity index (χ0v) is 12.3. The number of amides is 2. The molecule has 0 aromatic heterocycles. The molecule has 0 spiro atoms. The Morgan fingerprint density at radius 3 is 1.95 bits per heavy atom. The van der Waals surface area contributed by atoms with Gasteiger partial charge in [0, 0.05) is 30.8 Å². The summed E-state index contributed by atoms with van der Waals surface area (Å²) in [6.45, 7) is 4.65. The van der Waals surface area contributed by atoms with Gasteiger partial charge >= 0.3 is 0 Å². The zero-order chi connectivity index (χ0) is 15.0. The van der Waals surface area contributed by atoms with E-state index in [9.17, 15) is 9.59 Å². The summed E-state index contributed by atoms with van der Waals surface area (Å²) in [5.74, 6) is 0.308. The van der Waals surface area contributed by atoms with E-state index in [1.807, 2.05) is 20.9 Å². The summed E-state index contributed by atoms with van der Waals surface area (Å²) in [5, 5.41) is 8.55. The number of hydrogen-bond acceptors (Lipinski definition) is 3. The van der Waals surface area contributed by atoms with Crippen LogP contribution in [0.3, 0.4) is 0 Å². The Balaban J connectivity index is 2.47. The maximum atomic E-state index is 11.6. The first-order valence-corrected chi connectivity index (χ1v) is 6.85. The number of hydrogen-bond donors (Lipinski definition) is 3. The molecule has 1 aromatic rings. The second-order valence-electron chi connectivity index (χ2n) is 5.13. The molecule has 0 heterocycles. The summed E-state index contributed by atoms with van der Waals surface area (Å²) in [5.41, 5.74) is 1.47. The quantitative estimate of drug-likeness (QED) is 0.715. The van der Waals surface area contributed by atoms with Gasteiger partial charge in [-0.05, 0) is 37.2 Å². The molecule has 3 N–H and O–H groups in total. The van der Waals surface area contributed by atoms with Crippen LogP contribution in [0.4, 0.5) is 11.4 Å². The molecular formula is C15H23N3O2. The van der Waals surface area contributed by atoms with Gasteiger partial charge in [-0.15, -0.1) is 0 Å². The highest BCUT2D eigenvalue weighted by atomic mass is 16.2. The molecule has 110 valence electrons. The van der Waals surface area contributed by atoms with Gasteiger partial charge in [0.25, 0.3) is 0 Å². The Hall–Kier alpha value is -1.88. The minimum Gasteiger partial charge on any atom is -0.326 e. The van der Waals surface area contributed by atoms with E-state index in [1.54, 1.807) is 24.3 Å². The Morgan fingerprint density at radius 2 is 1.50 bits per heavy atom. The fourth-order valence-electron chi connectivity index (χ4n) is 1.68. The fourth-order valence-corrected chi connectivity index (χ4v) is 1.68. The fraction of sp³-hybridized carbons (Fsp3) is 0.467. The predicted octanol–water partition coefficient (Wildman–Crippen LogP) is 2.22. The normalized spacial score (nSPS) is 10.4. The second kappa shape index (κ2) is 8.32. The Kier molecular flexibility index (Phi) is 6.73. The molecule has 0 aliphatic heterocycles. The number of carbonyl (C=O) groups excluding carboxylic acids is 2. The van der Waals surface area contributed by atoms with E-state index in [2.05, 4.69) is 16.0 Å². The van der Waals surface area contributed by atoms with Crippen LogP contribution in [0.2, 0.25) is 0 Å². The van der Waals surface area contributed by atoms with E-state index in [4.69, 9.17) is 0 Å². The first-order valence-electron chi connectivity index (χ1n) is 6.85. The Morgan fingerprint density at radius 1 is 1.00 bits per heavy atom. The van der Waals surface area contributed by atoms with E-state index in [0.717, 1.165) is 11.4 Å². The van der Waals surface area contributed by atoms with Crippen molar-refractivity contribution in [3.8, 4) is 0 Å². The molecule has 0 atom stereocenters. The third-order valence-electron chi connectivity index (χ3n) is 2.65. The van der Waals surface area contributed by atoms with Crippen molar-refractivity contribution in [2.45, 2.75) is 26.7 Å². The number of anilines is 2. The van der Waals surface area contributed by atoms with Crippen molar-refractivity contribution in [2.75, 3.05) is 24.2 Å². The van der Waals surface area contributed by atoms with Gasteiger partial charge in [-0.1, -0.05) is 13.8 Å². The van der Waals surface area contributed by atoms with Crippen LogP contribution in [0.25, 0.3) is 0 Å². The van der Waals surface area contributed by atoms with Crippen LogP contribution in [0, 0.1) is 5.92 Å². The zero-order valence-electron chi connectivity index (χ0n) is 12.3. The molecule has 0 fully saturated rings. The van der Waals surface area contributed by atoms with Crippen molar-refractivity contribution in [3.63, 3.8) is 0 Å². The van der Waals surface area contributed by atoms with Gasteiger partial charge in [-0.2, -0.15) is 0 Å². The maximum Gasteiger partial charge on any atom is 0.225 e. The Bertz CT molecular complexity index is 441. The van der Waals surface area contributed by atoms with E-state index in [1.165, 1.54) is 0 Å². The molecule has 5 heteroatoms. The van der Waals surface area contributed by atoms with Crippen LogP contribution >= 0.6 is 0 Å².